The number of carbonyl (C=O) groups excluding carboxylic acids is 1. The lowest BCUT2D eigenvalue weighted by atomic mass is 10.3. The van der Waals surface area contributed by atoms with Crippen LogP contribution in [-0.4, -0.2) is 49.5 Å². The third kappa shape index (κ3) is 6.79. The maximum absolute atomic E-state index is 13.5. The minimum absolute atomic E-state index is 0.0321. The van der Waals surface area contributed by atoms with Crippen LogP contribution in [0.1, 0.15) is 13.8 Å². The van der Waals surface area contributed by atoms with Crippen LogP contribution < -0.4 is 23.8 Å². The smallest absolute Gasteiger partial charge is 0.264 e. The average molecular weight is 548 g/mol. The SMILES string of the molecule is COc1ccc(S(=O)(=O)N(CC(=O)Nc2cc(S(=O)(=O)NC(C)C)ccc2OC)c2ccccc2)cc1. The number of nitrogens with zero attached hydrogens (tertiary/aromatic N) is 1. The molecule has 0 aromatic heterocycles. The van der Waals surface area contributed by atoms with Gasteiger partial charge in [0.15, 0.2) is 0 Å². The van der Waals surface area contributed by atoms with Crippen molar-refractivity contribution in [1.29, 1.82) is 0 Å². The van der Waals surface area contributed by atoms with Crippen LogP contribution in [0.5, 0.6) is 11.5 Å². The van der Waals surface area contributed by atoms with Crippen molar-refractivity contribution in [3.05, 3.63) is 72.8 Å². The van der Waals surface area contributed by atoms with Crippen LogP contribution in [0.15, 0.2) is 82.6 Å². The zero-order valence-corrected chi connectivity index (χ0v) is 22.5. The first kappa shape index (κ1) is 28.0. The third-order valence-electron chi connectivity index (χ3n) is 5.13. The summed E-state index contributed by atoms with van der Waals surface area (Å²) in [6.45, 7) is 2.79. The van der Waals surface area contributed by atoms with Gasteiger partial charge in [0.25, 0.3) is 10.0 Å². The number of carbonyl (C=O) groups is 1. The molecule has 0 radical (unpaired) electrons. The van der Waals surface area contributed by atoms with E-state index in [0.717, 1.165) is 4.31 Å². The molecule has 2 N–H and O–H groups in total. The topological polar surface area (TPSA) is 131 Å². The van der Waals surface area contributed by atoms with Gasteiger partial charge >= 0.3 is 0 Å². The molecular formula is C25H29N3O7S2. The Labute approximate surface area is 217 Å². The van der Waals surface area contributed by atoms with Crippen molar-refractivity contribution in [3.8, 4) is 11.5 Å². The summed E-state index contributed by atoms with van der Waals surface area (Å²) < 4.78 is 66.1. The molecule has 0 unspecified atom stereocenters. The van der Waals surface area contributed by atoms with Gasteiger partial charge in [-0.2, -0.15) is 0 Å². The molecule has 0 aliphatic heterocycles. The summed E-state index contributed by atoms with van der Waals surface area (Å²) >= 11 is 0. The van der Waals surface area contributed by atoms with E-state index in [-0.39, 0.29) is 33.0 Å². The summed E-state index contributed by atoms with van der Waals surface area (Å²) in [6.07, 6.45) is 0. The summed E-state index contributed by atoms with van der Waals surface area (Å²) in [5, 5.41) is 2.59. The van der Waals surface area contributed by atoms with Gasteiger partial charge in [0.1, 0.15) is 18.0 Å². The molecule has 3 aromatic rings. The number of sulfonamides is 2. The van der Waals surface area contributed by atoms with Crippen molar-refractivity contribution in [3.63, 3.8) is 0 Å². The number of methoxy groups -OCH3 is 2. The highest BCUT2D eigenvalue weighted by molar-refractivity contribution is 7.92. The first-order chi connectivity index (χ1) is 17.5. The van der Waals surface area contributed by atoms with Crippen LogP contribution >= 0.6 is 0 Å². The Bertz CT molecular complexity index is 1440. The highest BCUT2D eigenvalue weighted by Crippen LogP contribution is 2.29. The predicted octanol–water partition coefficient (Wildman–Crippen LogP) is 3.22. The maximum Gasteiger partial charge on any atom is 0.264 e. The molecule has 12 heteroatoms. The number of nitrogens with one attached hydrogen (secondary N) is 2. The zero-order chi connectivity index (χ0) is 27.2. The van der Waals surface area contributed by atoms with E-state index in [1.165, 1.54) is 56.7 Å². The van der Waals surface area contributed by atoms with Crippen LogP contribution in [-0.2, 0) is 24.8 Å². The van der Waals surface area contributed by atoms with Gasteiger partial charge in [-0.25, -0.2) is 21.6 Å². The van der Waals surface area contributed by atoms with Crippen molar-refractivity contribution in [2.75, 3.05) is 30.4 Å². The first-order valence-electron chi connectivity index (χ1n) is 11.2. The maximum atomic E-state index is 13.5. The molecule has 37 heavy (non-hydrogen) atoms. The number of hydrogen-bond acceptors (Lipinski definition) is 7. The van der Waals surface area contributed by atoms with Crippen molar-refractivity contribution < 1.29 is 31.1 Å². The lowest BCUT2D eigenvalue weighted by Crippen LogP contribution is -2.38. The van der Waals surface area contributed by atoms with Gasteiger partial charge in [0.05, 0.1) is 35.4 Å². The van der Waals surface area contributed by atoms with Crippen molar-refractivity contribution >= 4 is 37.3 Å². The molecule has 0 saturated heterocycles. The van der Waals surface area contributed by atoms with E-state index in [1.54, 1.807) is 44.2 Å². The van der Waals surface area contributed by atoms with E-state index in [4.69, 9.17) is 9.47 Å². The summed E-state index contributed by atoms with van der Waals surface area (Å²) in [5.41, 5.74) is 0.354. The molecule has 0 aliphatic carbocycles. The second kappa shape index (κ2) is 11.6. The molecule has 3 rings (SSSR count). The van der Waals surface area contributed by atoms with Gasteiger partial charge in [-0.3, -0.25) is 9.10 Å². The minimum atomic E-state index is -4.15. The fourth-order valence-corrected chi connectivity index (χ4v) is 6.13. The second-order valence-corrected chi connectivity index (χ2v) is 11.8. The molecule has 10 nitrogen and oxygen atoms in total. The van der Waals surface area contributed by atoms with Crippen molar-refractivity contribution in [2.45, 2.75) is 29.7 Å². The number of ether oxygens (including phenoxy) is 2. The summed E-state index contributed by atoms with van der Waals surface area (Å²) in [5.74, 6) is -0.0106. The largest absolute Gasteiger partial charge is 0.497 e. The van der Waals surface area contributed by atoms with Gasteiger partial charge in [0.2, 0.25) is 15.9 Å². The molecule has 0 heterocycles. The molecule has 3 aromatic carbocycles. The lowest BCUT2D eigenvalue weighted by molar-refractivity contribution is -0.114. The highest BCUT2D eigenvalue weighted by atomic mass is 32.2. The molecule has 0 atom stereocenters. The molecule has 1 amide bonds. The fraction of sp³-hybridized carbons (Fsp3) is 0.240. The van der Waals surface area contributed by atoms with E-state index >= 15 is 0 Å². The van der Waals surface area contributed by atoms with Gasteiger partial charge in [0, 0.05) is 6.04 Å². The van der Waals surface area contributed by atoms with Gasteiger partial charge < -0.3 is 14.8 Å². The Morgan fingerprint density at radius 1 is 0.865 bits per heavy atom. The number of para-hydroxylation sites is 1. The Kier molecular flexibility index (Phi) is 8.79. The molecular weight excluding hydrogens is 518 g/mol. The van der Waals surface area contributed by atoms with E-state index in [9.17, 15) is 21.6 Å². The quantitative estimate of drug-likeness (QED) is 0.377. The Hall–Kier alpha value is -3.61. The van der Waals surface area contributed by atoms with Gasteiger partial charge in [-0.05, 0) is 68.4 Å². The average Bonchev–Trinajstić information content (AvgIpc) is 2.87. The predicted molar refractivity (Wildman–Crippen MR) is 141 cm³/mol. The molecule has 0 spiro atoms. The number of hydrogen-bond donors (Lipinski definition) is 2. The molecule has 198 valence electrons. The Morgan fingerprint density at radius 3 is 2.05 bits per heavy atom. The number of amides is 1. The van der Waals surface area contributed by atoms with Gasteiger partial charge in [-0.15, -0.1) is 0 Å². The van der Waals surface area contributed by atoms with Crippen molar-refractivity contribution in [2.24, 2.45) is 0 Å². The summed E-state index contributed by atoms with van der Waals surface area (Å²) in [4.78, 5) is 13.0. The fourth-order valence-electron chi connectivity index (χ4n) is 3.43. The van der Waals surface area contributed by atoms with Crippen LogP contribution in [0.3, 0.4) is 0 Å². The van der Waals surface area contributed by atoms with Crippen LogP contribution in [0, 0.1) is 0 Å². The molecule has 0 fully saturated rings. The molecule has 0 aliphatic rings. The second-order valence-electron chi connectivity index (χ2n) is 8.21. The van der Waals surface area contributed by atoms with Crippen LogP contribution in [0.2, 0.25) is 0 Å². The minimum Gasteiger partial charge on any atom is -0.497 e. The molecule has 0 saturated carbocycles. The van der Waals surface area contributed by atoms with Crippen LogP contribution in [0.4, 0.5) is 11.4 Å². The number of rotatable bonds is 11. The Morgan fingerprint density at radius 2 is 1.49 bits per heavy atom. The lowest BCUT2D eigenvalue weighted by Gasteiger charge is -2.24. The Balaban J connectivity index is 1.95. The normalized spacial score (nSPS) is 11.7. The summed E-state index contributed by atoms with van der Waals surface area (Å²) in [6, 6.07) is 17.7. The number of anilines is 2. The van der Waals surface area contributed by atoms with Gasteiger partial charge in [-0.1, -0.05) is 18.2 Å². The van der Waals surface area contributed by atoms with Crippen molar-refractivity contribution in [1.82, 2.24) is 4.72 Å². The van der Waals surface area contributed by atoms with E-state index in [2.05, 4.69) is 10.0 Å². The van der Waals surface area contributed by atoms with E-state index < -0.39 is 32.5 Å². The third-order valence-corrected chi connectivity index (χ3v) is 8.57. The van der Waals surface area contributed by atoms with E-state index in [0.29, 0.717) is 5.75 Å². The highest BCUT2D eigenvalue weighted by Gasteiger charge is 2.28. The zero-order valence-electron chi connectivity index (χ0n) is 20.8. The van der Waals surface area contributed by atoms with E-state index in [1.807, 2.05) is 0 Å². The monoisotopic (exact) mass is 547 g/mol. The standard InChI is InChI=1S/C25H29N3O7S2/c1-18(2)27-36(30,31)22-14-15-24(35-4)23(16-22)26-25(29)17-28(19-8-6-5-7-9-19)37(32,33)21-12-10-20(34-3)11-13-21/h5-16,18,27H,17H2,1-4H3,(H,26,29). The summed E-state index contributed by atoms with van der Waals surface area (Å²) in [7, 11) is -5.15. The first-order valence-corrected chi connectivity index (χ1v) is 14.1. The molecule has 0 bridgehead atoms. The van der Waals surface area contributed by atoms with Crippen LogP contribution in [0.25, 0.3) is 0 Å². The number of benzene rings is 3.